The molecular weight excluding hydrogens is 229 g/mol. The van der Waals surface area contributed by atoms with Crippen molar-refractivity contribution in [2.45, 2.75) is 71.1 Å². The van der Waals surface area contributed by atoms with Crippen LogP contribution in [0.3, 0.4) is 0 Å². The fraction of sp³-hybridized carbons (Fsp3) is 0.917. The van der Waals surface area contributed by atoms with Crippen LogP contribution in [0.2, 0.25) is 0 Å². The molecule has 0 unspecified atom stereocenters. The Labute approximate surface area is 142 Å². The molecule has 0 heterocycles. The summed E-state index contributed by atoms with van der Waals surface area (Å²) >= 11 is 0. The Kier molecular flexibility index (Phi) is 19.1. The molecule has 0 fully saturated rings. The second-order valence-electron chi connectivity index (χ2n) is 4.11. The molecule has 2 N–H and O–H groups in total. The van der Waals surface area contributed by atoms with Gasteiger partial charge in [-0.2, -0.15) is 0 Å². The third-order valence-corrected chi connectivity index (χ3v) is 2.63. The quantitative estimate of drug-likeness (QED) is 0.120. The van der Waals surface area contributed by atoms with Gasteiger partial charge < -0.3 is 5.11 Å². The van der Waals surface area contributed by atoms with Crippen molar-refractivity contribution in [2.75, 3.05) is 0 Å². The zero-order valence-corrected chi connectivity index (χ0v) is 14.0. The number of rotatable bonds is 10. The summed E-state index contributed by atoms with van der Waals surface area (Å²) in [6.07, 6.45) is 11.6. The van der Waals surface area contributed by atoms with Crippen LogP contribution in [0.4, 0.5) is 0 Å². The molecule has 0 spiro atoms. The van der Waals surface area contributed by atoms with Crippen molar-refractivity contribution in [1.29, 1.82) is 0 Å². The van der Waals surface area contributed by atoms with E-state index in [2.05, 4.69) is 6.92 Å². The summed E-state index contributed by atoms with van der Waals surface area (Å²) in [6.45, 7) is 2.23. The van der Waals surface area contributed by atoms with Crippen LogP contribution in [0.15, 0.2) is 0 Å². The van der Waals surface area contributed by atoms with Gasteiger partial charge in [0.2, 0.25) is 0 Å². The van der Waals surface area contributed by atoms with E-state index in [1.54, 1.807) is 5.16 Å². The second-order valence-corrected chi connectivity index (χ2v) is 4.11. The van der Waals surface area contributed by atoms with Gasteiger partial charge in [-0.15, -0.1) is 0 Å². The first-order chi connectivity index (χ1) is 7.31. The van der Waals surface area contributed by atoms with Gasteiger partial charge in [-0.05, 0) is 6.42 Å². The van der Waals surface area contributed by atoms with E-state index >= 15 is 0 Å². The van der Waals surface area contributed by atoms with E-state index in [0.29, 0.717) is 6.42 Å². The Balaban J connectivity index is 0. The summed E-state index contributed by atoms with van der Waals surface area (Å²) < 4.78 is 0. The van der Waals surface area contributed by atoms with Crippen LogP contribution in [-0.2, 0) is 0 Å². The van der Waals surface area contributed by atoms with Gasteiger partial charge in [0.15, 0.2) is 5.90 Å². The minimum absolute atomic E-state index is 0. The summed E-state index contributed by atoms with van der Waals surface area (Å²) in [6, 6.07) is 0. The minimum Gasteiger partial charge on any atom is -0.824 e. The van der Waals surface area contributed by atoms with Crippen LogP contribution in [0.25, 0.3) is 0 Å². The maximum absolute atomic E-state index is 10.7. The topological polar surface area (TPSA) is 57.3 Å². The Bertz CT molecular complexity index is 163. The van der Waals surface area contributed by atoms with Gasteiger partial charge in [-0.3, -0.25) is 5.21 Å². The minimum atomic E-state index is -0.266. The van der Waals surface area contributed by atoms with E-state index in [4.69, 9.17) is 5.21 Å². The molecule has 16 heavy (non-hydrogen) atoms. The molecule has 0 aromatic heterocycles. The van der Waals surface area contributed by atoms with E-state index < -0.39 is 0 Å². The van der Waals surface area contributed by atoms with Gasteiger partial charge in [0.05, 0.1) is 0 Å². The molecule has 0 radical (unpaired) electrons. The monoisotopic (exact) mass is 254 g/mol. The molecule has 0 saturated carbocycles. The maximum atomic E-state index is 10.7. The zero-order valence-electron chi connectivity index (χ0n) is 10.9. The molecule has 0 saturated heterocycles. The van der Waals surface area contributed by atoms with Crippen molar-refractivity contribution in [1.82, 2.24) is 0 Å². The van der Waals surface area contributed by atoms with Crippen molar-refractivity contribution in [3.8, 4) is 0 Å². The van der Waals surface area contributed by atoms with Gasteiger partial charge >= 0.3 is 51.4 Å². The van der Waals surface area contributed by atoms with Crippen LogP contribution in [0, 0.1) is 0 Å². The smallest absolute Gasteiger partial charge is 0.824 e. The van der Waals surface area contributed by atoms with Gasteiger partial charge in [0, 0.05) is 6.42 Å². The van der Waals surface area contributed by atoms with Crippen molar-refractivity contribution >= 4 is 5.90 Å². The fourth-order valence-corrected chi connectivity index (χ4v) is 1.65. The van der Waals surface area contributed by atoms with E-state index in [1.165, 1.54) is 44.9 Å². The van der Waals surface area contributed by atoms with Crippen LogP contribution in [-0.4, -0.2) is 11.1 Å². The third-order valence-electron chi connectivity index (χ3n) is 2.63. The summed E-state index contributed by atoms with van der Waals surface area (Å²) in [5.41, 5.74) is 0. The van der Waals surface area contributed by atoms with Crippen LogP contribution >= 0.6 is 0 Å². The van der Waals surface area contributed by atoms with Gasteiger partial charge in [0.1, 0.15) is 0 Å². The Morgan fingerprint density at radius 1 is 0.938 bits per heavy atom. The summed E-state index contributed by atoms with van der Waals surface area (Å²) in [5, 5.41) is 20.6. The summed E-state index contributed by atoms with van der Waals surface area (Å²) in [4.78, 5) is 0. The van der Waals surface area contributed by atoms with Crippen LogP contribution in [0.5, 0.6) is 0 Å². The third kappa shape index (κ3) is 14.9. The van der Waals surface area contributed by atoms with Gasteiger partial charge in [0.25, 0.3) is 0 Å². The fourth-order valence-electron chi connectivity index (χ4n) is 1.65. The van der Waals surface area contributed by atoms with Crippen molar-refractivity contribution in [3.63, 3.8) is 0 Å². The molecule has 0 amide bonds. The first-order valence-electron chi connectivity index (χ1n) is 6.24. The first-order valence-corrected chi connectivity index (χ1v) is 6.24. The average molecular weight is 254 g/mol. The zero-order chi connectivity index (χ0) is 11.4. The van der Waals surface area contributed by atoms with Crippen LogP contribution in [0.1, 0.15) is 71.1 Å². The van der Waals surface area contributed by atoms with E-state index in [1.807, 2.05) is 0 Å². The Hall–Kier alpha value is 0.906. The van der Waals surface area contributed by atoms with Crippen molar-refractivity contribution in [2.24, 2.45) is 0 Å². The largest absolute Gasteiger partial charge is 1.00 e. The van der Waals surface area contributed by atoms with Gasteiger partial charge in [-0.25, -0.2) is 0 Å². The number of unbranched alkanes of at least 4 members (excludes halogenated alkanes) is 8. The predicted octanol–water partition coefficient (Wildman–Crippen LogP) is -1.86. The molecule has 4 heteroatoms. The number of nitrogens with one attached hydrogen (secondary N) is 1. The molecule has 0 aliphatic rings. The first kappa shape index (κ1) is 19.3. The Morgan fingerprint density at radius 2 is 1.38 bits per heavy atom. The molecule has 0 aliphatic heterocycles. The maximum Gasteiger partial charge on any atom is 1.00 e. The Morgan fingerprint density at radius 3 is 1.81 bits per heavy atom. The molecule has 90 valence electrons. The second kappa shape index (κ2) is 15.9. The summed E-state index contributed by atoms with van der Waals surface area (Å²) in [7, 11) is 0. The summed E-state index contributed by atoms with van der Waals surface area (Å²) in [5.74, 6) is -0.266. The molecule has 0 atom stereocenters. The molecule has 0 aromatic carbocycles. The van der Waals surface area contributed by atoms with Crippen LogP contribution < -0.4 is 61.6 Å². The normalized spacial score (nSPS) is 11.2. The van der Waals surface area contributed by atoms with E-state index in [0.717, 1.165) is 12.8 Å². The standard InChI is InChI=1S/C12H25NO2.K/c1-2-3-4-5-6-7-8-9-10-11-12(14)13-15;/h15H,2-11H2,1H3,(H,13,14);/q;+1. The molecule has 0 bridgehead atoms. The molecular formula is C12H25KNO2+. The van der Waals surface area contributed by atoms with E-state index in [-0.39, 0.29) is 57.3 Å². The average Bonchev–Trinajstić information content (AvgIpc) is 2.26. The van der Waals surface area contributed by atoms with Crippen molar-refractivity contribution < 1.29 is 66.9 Å². The molecule has 3 nitrogen and oxygen atoms in total. The molecule has 0 aliphatic carbocycles. The SMILES string of the molecule is CCCCCCCCCCCC([O-])=[NH+]O.[K+]. The van der Waals surface area contributed by atoms with Crippen molar-refractivity contribution in [3.05, 3.63) is 0 Å². The van der Waals surface area contributed by atoms with Gasteiger partial charge in [-0.1, -0.05) is 63.4 Å². The van der Waals surface area contributed by atoms with E-state index in [9.17, 15) is 5.11 Å². The predicted molar refractivity (Wildman–Crippen MR) is 59.6 cm³/mol. The molecule has 0 rings (SSSR count). The number of hydrogen-bond acceptors (Lipinski definition) is 2. The molecule has 0 aromatic rings. The number of hydrogen-bond donors (Lipinski definition) is 2.